The molecule has 0 radical (unpaired) electrons. The Morgan fingerprint density at radius 3 is 2.86 bits per heavy atom. The summed E-state index contributed by atoms with van der Waals surface area (Å²) in [5.74, 6) is 1.08. The van der Waals surface area contributed by atoms with Crippen LogP contribution in [0.15, 0.2) is 48.8 Å². The molecule has 3 nitrogen and oxygen atoms in total. The normalized spacial score (nSPS) is 21.7. The first kappa shape index (κ1) is 13.8. The van der Waals surface area contributed by atoms with Crippen LogP contribution in [-0.2, 0) is 6.42 Å². The Morgan fingerprint density at radius 1 is 1.18 bits per heavy atom. The van der Waals surface area contributed by atoms with Crippen molar-refractivity contribution in [2.24, 2.45) is 0 Å². The van der Waals surface area contributed by atoms with Gasteiger partial charge in [0, 0.05) is 30.4 Å². The third kappa shape index (κ3) is 2.61. The van der Waals surface area contributed by atoms with Crippen molar-refractivity contribution in [3.05, 3.63) is 59.9 Å². The van der Waals surface area contributed by atoms with Crippen LogP contribution in [0, 0.1) is 0 Å². The Hall–Kier alpha value is -1.87. The SMILES string of the molecule is c1cncc(CCN[C@@H]2CC3(CCC3)Oc3ccccc32)c1. The third-order valence-corrected chi connectivity index (χ3v) is 4.99. The number of hydrogen-bond acceptors (Lipinski definition) is 3. The third-order valence-electron chi connectivity index (χ3n) is 4.99. The van der Waals surface area contributed by atoms with Crippen LogP contribution in [0.2, 0.25) is 0 Å². The van der Waals surface area contributed by atoms with Gasteiger partial charge in [0.2, 0.25) is 0 Å². The predicted octanol–water partition coefficient (Wildman–Crippen LogP) is 3.66. The van der Waals surface area contributed by atoms with E-state index >= 15 is 0 Å². The average Bonchev–Trinajstić information content (AvgIpc) is 2.54. The van der Waals surface area contributed by atoms with Gasteiger partial charge >= 0.3 is 0 Å². The van der Waals surface area contributed by atoms with Gasteiger partial charge in [-0.25, -0.2) is 0 Å². The number of rotatable bonds is 4. The van der Waals surface area contributed by atoms with Gasteiger partial charge in [0.15, 0.2) is 0 Å². The molecule has 4 rings (SSSR count). The maximum Gasteiger partial charge on any atom is 0.124 e. The van der Waals surface area contributed by atoms with E-state index in [1.54, 1.807) is 0 Å². The Bertz CT molecular complexity index is 637. The summed E-state index contributed by atoms with van der Waals surface area (Å²) in [6.07, 6.45) is 9.57. The van der Waals surface area contributed by atoms with E-state index in [0.29, 0.717) is 6.04 Å². The molecule has 1 aliphatic carbocycles. The number of benzene rings is 1. The molecule has 1 fully saturated rings. The minimum atomic E-state index is 0.0975. The molecule has 22 heavy (non-hydrogen) atoms. The van der Waals surface area contributed by atoms with Crippen LogP contribution < -0.4 is 10.1 Å². The van der Waals surface area contributed by atoms with E-state index < -0.39 is 0 Å². The van der Waals surface area contributed by atoms with Gasteiger partial charge in [0.1, 0.15) is 11.4 Å². The van der Waals surface area contributed by atoms with E-state index in [0.717, 1.165) is 25.1 Å². The van der Waals surface area contributed by atoms with Crippen molar-refractivity contribution in [3.8, 4) is 5.75 Å². The summed E-state index contributed by atoms with van der Waals surface area (Å²) in [5, 5.41) is 3.74. The first-order valence-electron chi connectivity index (χ1n) is 8.25. The molecule has 3 heteroatoms. The van der Waals surface area contributed by atoms with E-state index in [2.05, 4.69) is 40.6 Å². The van der Waals surface area contributed by atoms with Crippen LogP contribution in [0.25, 0.3) is 0 Å². The topological polar surface area (TPSA) is 34.2 Å². The number of fused-ring (bicyclic) bond motifs is 1. The molecule has 1 atom stereocenters. The minimum Gasteiger partial charge on any atom is -0.487 e. The molecule has 2 heterocycles. The van der Waals surface area contributed by atoms with E-state index in [1.165, 1.54) is 30.4 Å². The molecule has 1 saturated carbocycles. The number of para-hydroxylation sites is 1. The van der Waals surface area contributed by atoms with Crippen LogP contribution >= 0.6 is 0 Å². The highest BCUT2D eigenvalue weighted by Crippen LogP contribution is 2.48. The Labute approximate surface area is 131 Å². The van der Waals surface area contributed by atoms with Gasteiger partial charge in [-0.05, 0) is 49.9 Å². The first-order chi connectivity index (χ1) is 10.8. The smallest absolute Gasteiger partial charge is 0.124 e. The van der Waals surface area contributed by atoms with E-state index in [-0.39, 0.29) is 5.60 Å². The Kier molecular flexibility index (Phi) is 3.59. The molecule has 0 amide bonds. The summed E-state index contributed by atoms with van der Waals surface area (Å²) in [7, 11) is 0. The summed E-state index contributed by atoms with van der Waals surface area (Å²) in [6.45, 7) is 0.973. The molecule has 2 aromatic rings. The monoisotopic (exact) mass is 294 g/mol. The Morgan fingerprint density at radius 2 is 2.09 bits per heavy atom. The Balaban J connectivity index is 1.46. The number of pyridine rings is 1. The average molecular weight is 294 g/mol. The standard InChI is InChI=1S/C19H22N2O/c1-2-7-18-16(6-1)17(13-19(22-18)9-4-10-19)21-12-8-15-5-3-11-20-14-15/h1-3,5-7,11,14,17,21H,4,8-10,12-13H2/t17-/m1/s1. The van der Waals surface area contributed by atoms with Crippen LogP contribution in [0.1, 0.15) is 42.9 Å². The molecule has 0 bridgehead atoms. The number of nitrogens with zero attached hydrogens (tertiary/aromatic N) is 1. The minimum absolute atomic E-state index is 0.0975. The molecule has 1 spiro atoms. The lowest BCUT2D eigenvalue weighted by Gasteiger charge is -2.48. The quantitative estimate of drug-likeness (QED) is 0.934. The summed E-state index contributed by atoms with van der Waals surface area (Å²) in [6, 6.07) is 13.0. The molecular weight excluding hydrogens is 272 g/mol. The second kappa shape index (κ2) is 5.73. The van der Waals surface area contributed by atoms with Gasteiger partial charge in [0.05, 0.1) is 0 Å². The maximum absolute atomic E-state index is 6.30. The van der Waals surface area contributed by atoms with Gasteiger partial charge < -0.3 is 10.1 Å². The fourth-order valence-corrected chi connectivity index (χ4v) is 3.61. The van der Waals surface area contributed by atoms with Crippen molar-refractivity contribution < 1.29 is 4.74 Å². The molecule has 1 aliphatic heterocycles. The summed E-state index contributed by atoms with van der Waals surface area (Å²) in [5.41, 5.74) is 2.69. The van der Waals surface area contributed by atoms with Gasteiger partial charge in [-0.2, -0.15) is 0 Å². The van der Waals surface area contributed by atoms with E-state index in [4.69, 9.17) is 4.74 Å². The highest BCUT2D eigenvalue weighted by atomic mass is 16.5. The molecule has 0 unspecified atom stereocenters. The van der Waals surface area contributed by atoms with E-state index in [9.17, 15) is 0 Å². The molecular formula is C19H22N2O. The van der Waals surface area contributed by atoms with Crippen molar-refractivity contribution in [2.75, 3.05) is 6.54 Å². The van der Waals surface area contributed by atoms with E-state index in [1.807, 2.05) is 18.5 Å². The van der Waals surface area contributed by atoms with Crippen LogP contribution in [0.4, 0.5) is 0 Å². The van der Waals surface area contributed by atoms with Crippen molar-refractivity contribution in [1.82, 2.24) is 10.3 Å². The lowest BCUT2D eigenvalue weighted by atomic mass is 9.73. The molecule has 0 saturated heterocycles. The largest absolute Gasteiger partial charge is 0.487 e. The van der Waals surface area contributed by atoms with Crippen molar-refractivity contribution in [2.45, 2.75) is 43.7 Å². The van der Waals surface area contributed by atoms with Crippen LogP contribution in [0.5, 0.6) is 5.75 Å². The molecule has 1 N–H and O–H groups in total. The fraction of sp³-hybridized carbons (Fsp3) is 0.421. The number of aromatic nitrogens is 1. The van der Waals surface area contributed by atoms with Crippen LogP contribution in [0.3, 0.4) is 0 Å². The summed E-state index contributed by atoms with van der Waals surface area (Å²) in [4.78, 5) is 4.18. The fourth-order valence-electron chi connectivity index (χ4n) is 3.61. The number of hydrogen-bond donors (Lipinski definition) is 1. The zero-order chi connectivity index (χ0) is 14.8. The van der Waals surface area contributed by atoms with Crippen LogP contribution in [-0.4, -0.2) is 17.1 Å². The predicted molar refractivity (Wildman–Crippen MR) is 87.0 cm³/mol. The summed E-state index contributed by atoms with van der Waals surface area (Å²) < 4.78 is 6.30. The van der Waals surface area contributed by atoms with Gasteiger partial charge in [-0.1, -0.05) is 24.3 Å². The van der Waals surface area contributed by atoms with Crippen molar-refractivity contribution in [3.63, 3.8) is 0 Å². The maximum atomic E-state index is 6.30. The second-order valence-corrected chi connectivity index (χ2v) is 6.50. The highest BCUT2D eigenvalue weighted by Gasteiger charge is 2.45. The number of ether oxygens (including phenoxy) is 1. The molecule has 114 valence electrons. The molecule has 1 aromatic heterocycles. The van der Waals surface area contributed by atoms with Gasteiger partial charge in [0.25, 0.3) is 0 Å². The molecule has 2 aliphatic rings. The summed E-state index contributed by atoms with van der Waals surface area (Å²) >= 11 is 0. The zero-order valence-corrected chi connectivity index (χ0v) is 12.8. The highest BCUT2D eigenvalue weighted by molar-refractivity contribution is 5.39. The zero-order valence-electron chi connectivity index (χ0n) is 12.8. The first-order valence-corrected chi connectivity index (χ1v) is 8.25. The molecule has 1 aromatic carbocycles. The lowest BCUT2D eigenvalue weighted by molar-refractivity contribution is -0.0368. The number of nitrogens with one attached hydrogen (secondary N) is 1. The van der Waals surface area contributed by atoms with Crippen molar-refractivity contribution in [1.29, 1.82) is 0 Å². The van der Waals surface area contributed by atoms with Crippen molar-refractivity contribution >= 4 is 0 Å². The second-order valence-electron chi connectivity index (χ2n) is 6.50. The van der Waals surface area contributed by atoms with Gasteiger partial charge in [-0.15, -0.1) is 0 Å². The van der Waals surface area contributed by atoms with Gasteiger partial charge in [-0.3, -0.25) is 4.98 Å². The lowest BCUT2D eigenvalue weighted by Crippen LogP contribution is -2.49.